The lowest BCUT2D eigenvalue weighted by molar-refractivity contribution is -0.149. The third kappa shape index (κ3) is 2.75. The standard InChI is InChI=1S/C12H12F3N3O3S2/c1-21-5-11(3-4-11)18-8(19)6-7(17-9(18)12(13,14)15)22-10(16-6)23(2)20/h3-5H2,1-2H3. The van der Waals surface area contributed by atoms with Crippen LogP contribution in [0.15, 0.2) is 9.13 Å². The van der Waals surface area contributed by atoms with Gasteiger partial charge in [0, 0.05) is 18.3 Å². The van der Waals surface area contributed by atoms with E-state index in [1.54, 1.807) is 0 Å². The van der Waals surface area contributed by atoms with E-state index in [-0.39, 0.29) is 21.3 Å². The zero-order valence-corrected chi connectivity index (χ0v) is 13.8. The maximum Gasteiger partial charge on any atom is 0.449 e. The van der Waals surface area contributed by atoms with Crippen molar-refractivity contribution in [3.8, 4) is 0 Å². The first-order valence-electron chi connectivity index (χ1n) is 6.53. The summed E-state index contributed by atoms with van der Waals surface area (Å²) in [4.78, 5) is 20.0. The molecule has 1 saturated carbocycles. The summed E-state index contributed by atoms with van der Waals surface area (Å²) in [7, 11) is 1.37. The van der Waals surface area contributed by atoms with Gasteiger partial charge in [0.05, 0.1) is 12.1 Å². The van der Waals surface area contributed by atoms with E-state index in [2.05, 4.69) is 9.97 Å². The van der Waals surface area contributed by atoms with Crippen molar-refractivity contribution in [2.75, 3.05) is 20.0 Å². The predicted octanol–water partition coefficient (Wildman–Crippen LogP) is 1.74. The van der Waals surface area contributed by atoms with Crippen LogP contribution in [0.25, 0.3) is 10.3 Å². The number of alkyl halides is 3. The maximum atomic E-state index is 13.4. The van der Waals surface area contributed by atoms with Crippen molar-refractivity contribution in [3.05, 3.63) is 16.2 Å². The van der Waals surface area contributed by atoms with Gasteiger partial charge in [-0.1, -0.05) is 0 Å². The van der Waals surface area contributed by atoms with Gasteiger partial charge >= 0.3 is 10.5 Å². The van der Waals surface area contributed by atoms with Crippen LogP contribution in [0.4, 0.5) is 13.2 Å². The molecule has 0 aromatic carbocycles. The van der Waals surface area contributed by atoms with Gasteiger partial charge in [0.2, 0.25) is 5.82 Å². The van der Waals surface area contributed by atoms with Crippen LogP contribution in [0.2, 0.25) is 0 Å². The van der Waals surface area contributed by atoms with Gasteiger partial charge in [-0.2, -0.15) is 18.2 Å². The Morgan fingerprint density at radius 1 is 1.43 bits per heavy atom. The number of ether oxygens (including phenoxy) is 1. The highest BCUT2D eigenvalue weighted by Gasteiger charge is 2.51. The Morgan fingerprint density at radius 3 is 2.57 bits per heavy atom. The first-order valence-corrected chi connectivity index (χ1v) is 8.91. The number of rotatable bonds is 4. The van der Waals surface area contributed by atoms with Crippen LogP contribution >= 0.6 is 11.3 Å². The molecule has 2 aromatic heterocycles. The summed E-state index contributed by atoms with van der Waals surface area (Å²) >= 11 is -0.764. The van der Waals surface area contributed by atoms with E-state index in [1.165, 1.54) is 13.4 Å². The zero-order chi connectivity index (χ0) is 17.0. The Hall–Kier alpha value is -1.17. The number of fused-ring (bicyclic) bond motifs is 1. The number of nitrogens with zero attached hydrogens (tertiary/aromatic N) is 3. The number of hydrogen-bond donors (Lipinski definition) is 0. The molecule has 3 rings (SSSR count). The van der Waals surface area contributed by atoms with Crippen LogP contribution in [0.5, 0.6) is 0 Å². The second-order valence-corrected chi connectivity index (χ2v) is 7.85. The molecular weight excluding hydrogens is 355 g/mol. The van der Waals surface area contributed by atoms with Crippen LogP contribution in [0, 0.1) is 0 Å². The Kier molecular flexibility index (Phi) is 3.94. The third-order valence-electron chi connectivity index (χ3n) is 3.63. The molecule has 0 saturated heterocycles. The van der Waals surface area contributed by atoms with E-state index in [0.717, 1.165) is 11.3 Å². The SMILES string of the molecule is COCC1(n2c(C(F)(F)F)nc3sc([S+](C)[O-])nc3c2=O)CC1. The molecule has 1 atom stereocenters. The monoisotopic (exact) mass is 367 g/mol. The lowest BCUT2D eigenvalue weighted by Crippen LogP contribution is -2.39. The molecule has 1 fully saturated rings. The van der Waals surface area contributed by atoms with Gasteiger partial charge in [0.15, 0.2) is 10.3 Å². The van der Waals surface area contributed by atoms with Crippen molar-refractivity contribution >= 4 is 32.9 Å². The quantitative estimate of drug-likeness (QED) is 0.769. The molecular formula is C12H12F3N3O3S2. The van der Waals surface area contributed by atoms with Crippen LogP contribution in [0.3, 0.4) is 0 Å². The molecule has 23 heavy (non-hydrogen) atoms. The van der Waals surface area contributed by atoms with Gasteiger partial charge < -0.3 is 9.29 Å². The lowest BCUT2D eigenvalue weighted by Gasteiger charge is -2.22. The van der Waals surface area contributed by atoms with Crippen LogP contribution in [-0.4, -0.2) is 39.1 Å². The number of halogens is 3. The molecule has 1 aliphatic rings. The molecule has 1 unspecified atom stereocenters. The van der Waals surface area contributed by atoms with E-state index in [0.29, 0.717) is 17.4 Å². The number of thiazole rings is 1. The van der Waals surface area contributed by atoms with Gasteiger partial charge in [-0.3, -0.25) is 9.36 Å². The van der Waals surface area contributed by atoms with Crippen LogP contribution < -0.4 is 5.56 Å². The van der Waals surface area contributed by atoms with Gasteiger partial charge in [-0.15, -0.1) is 0 Å². The molecule has 0 N–H and O–H groups in total. The molecule has 126 valence electrons. The minimum Gasteiger partial charge on any atom is -0.610 e. The van der Waals surface area contributed by atoms with Gasteiger partial charge in [-0.25, -0.2) is 4.98 Å². The summed E-state index contributed by atoms with van der Waals surface area (Å²) in [5, 5.41) is 0. The highest BCUT2D eigenvalue weighted by atomic mass is 32.2. The fourth-order valence-electron chi connectivity index (χ4n) is 2.45. The molecule has 2 aromatic rings. The average Bonchev–Trinajstić information content (AvgIpc) is 3.07. The van der Waals surface area contributed by atoms with Gasteiger partial charge in [-0.05, 0) is 24.2 Å². The van der Waals surface area contributed by atoms with Crippen molar-refractivity contribution in [1.29, 1.82) is 0 Å². The molecule has 1 aliphatic carbocycles. The van der Waals surface area contributed by atoms with E-state index < -0.39 is 34.3 Å². The summed E-state index contributed by atoms with van der Waals surface area (Å²) in [6.07, 6.45) is -2.65. The minimum absolute atomic E-state index is 0.0140. The maximum absolute atomic E-state index is 13.4. The summed E-state index contributed by atoms with van der Waals surface area (Å²) in [5.74, 6) is -1.26. The molecule has 0 spiro atoms. The average molecular weight is 367 g/mol. The molecule has 11 heteroatoms. The van der Waals surface area contributed by atoms with E-state index in [1.807, 2.05) is 0 Å². The van der Waals surface area contributed by atoms with Crippen molar-refractivity contribution in [2.45, 2.75) is 28.9 Å². The Balaban J connectivity index is 2.32. The smallest absolute Gasteiger partial charge is 0.449 e. The van der Waals surface area contributed by atoms with Crippen molar-refractivity contribution in [1.82, 2.24) is 14.5 Å². The van der Waals surface area contributed by atoms with Crippen molar-refractivity contribution in [2.24, 2.45) is 0 Å². The molecule has 0 aliphatic heterocycles. The molecule has 0 bridgehead atoms. The highest BCUT2D eigenvalue weighted by Crippen LogP contribution is 2.45. The fourth-order valence-corrected chi connectivity index (χ4v) is 4.05. The zero-order valence-electron chi connectivity index (χ0n) is 12.1. The van der Waals surface area contributed by atoms with E-state index in [9.17, 15) is 22.5 Å². The van der Waals surface area contributed by atoms with Crippen LogP contribution in [-0.2, 0) is 27.6 Å². The summed E-state index contributed by atoms with van der Waals surface area (Å²) in [6, 6.07) is 0. The summed E-state index contributed by atoms with van der Waals surface area (Å²) in [6.45, 7) is -0.0140. The summed E-state index contributed by atoms with van der Waals surface area (Å²) in [5.41, 5.74) is -2.09. The van der Waals surface area contributed by atoms with Crippen molar-refractivity contribution < 1.29 is 22.5 Å². The van der Waals surface area contributed by atoms with E-state index in [4.69, 9.17) is 4.74 Å². The molecule has 0 amide bonds. The first kappa shape index (κ1) is 16.7. The topological polar surface area (TPSA) is 80.1 Å². The number of hydrogen-bond acceptors (Lipinski definition) is 6. The Bertz CT molecular complexity index is 811. The summed E-state index contributed by atoms with van der Waals surface area (Å²) < 4.78 is 57.3. The second-order valence-electron chi connectivity index (χ2n) is 5.32. The first-order chi connectivity index (χ1) is 10.7. The Labute approximate surface area is 135 Å². The number of aromatic nitrogens is 3. The Morgan fingerprint density at radius 2 is 2.09 bits per heavy atom. The third-order valence-corrected chi connectivity index (χ3v) is 5.91. The number of methoxy groups -OCH3 is 1. The molecule has 6 nitrogen and oxygen atoms in total. The molecule has 2 heterocycles. The normalized spacial score (nSPS) is 18.3. The minimum atomic E-state index is -4.79. The highest BCUT2D eigenvalue weighted by molar-refractivity contribution is 7.92. The fraction of sp³-hybridized carbons (Fsp3) is 0.583. The van der Waals surface area contributed by atoms with Gasteiger partial charge in [0.25, 0.3) is 5.56 Å². The second kappa shape index (κ2) is 5.43. The molecule has 0 radical (unpaired) electrons. The van der Waals surface area contributed by atoms with E-state index >= 15 is 0 Å². The predicted molar refractivity (Wildman–Crippen MR) is 78.1 cm³/mol. The van der Waals surface area contributed by atoms with Crippen molar-refractivity contribution in [3.63, 3.8) is 0 Å². The largest absolute Gasteiger partial charge is 0.610 e. The van der Waals surface area contributed by atoms with Crippen LogP contribution in [0.1, 0.15) is 18.7 Å². The lowest BCUT2D eigenvalue weighted by atomic mass is 10.2. The van der Waals surface area contributed by atoms with Gasteiger partial charge in [0.1, 0.15) is 6.26 Å².